The fourth-order valence-electron chi connectivity index (χ4n) is 1.71. The summed E-state index contributed by atoms with van der Waals surface area (Å²) in [6.45, 7) is 0.747. The van der Waals surface area contributed by atoms with Crippen molar-refractivity contribution in [3.05, 3.63) is 11.8 Å². The first-order chi connectivity index (χ1) is 8.50. The number of aromatic carboxylic acids is 1. The maximum absolute atomic E-state index is 11.9. The van der Waals surface area contributed by atoms with Gasteiger partial charge in [-0.3, -0.25) is 5.10 Å². The number of nitrogens with one attached hydrogen (secondary N) is 2. The highest BCUT2D eigenvalue weighted by molar-refractivity contribution is 7.89. The van der Waals surface area contributed by atoms with E-state index in [9.17, 15) is 13.2 Å². The molecule has 18 heavy (non-hydrogen) atoms. The van der Waals surface area contributed by atoms with Gasteiger partial charge in [0.15, 0.2) is 5.03 Å². The summed E-state index contributed by atoms with van der Waals surface area (Å²) in [5, 5.41) is 14.0. The van der Waals surface area contributed by atoms with E-state index in [0.717, 1.165) is 19.0 Å². The molecule has 1 aromatic heterocycles. The van der Waals surface area contributed by atoms with Gasteiger partial charge in [-0.2, -0.15) is 5.10 Å². The zero-order valence-electron chi connectivity index (χ0n) is 9.42. The number of hydrogen-bond acceptors (Lipinski definition) is 5. The average Bonchev–Trinajstić information content (AvgIpc) is 2.98. The number of H-pyrrole nitrogens is 1. The molecule has 0 amide bonds. The molecule has 0 bridgehead atoms. The first kappa shape index (κ1) is 13.0. The van der Waals surface area contributed by atoms with Gasteiger partial charge in [0.05, 0.1) is 12.3 Å². The molecule has 0 spiro atoms. The molecule has 100 valence electrons. The minimum absolute atomic E-state index is 0.125. The van der Waals surface area contributed by atoms with Crippen LogP contribution in [0.4, 0.5) is 0 Å². The normalized spacial score (nSPS) is 20.1. The highest BCUT2D eigenvalue weighted by atomic mass is 32.2. The van der Waals surface area contributed by atoms with Crippen molar-refractivity contribution in [2.75, 3.05) is 13.2 Å². The zero-order chi connectivity index (χ0) is 13.2. The van der Waals surface area contributed by atoms with Crippen molar-refractivity contribution in [2.24, 2.45) is 0 Å². The van der Waals surface area contributed by atoms with Gasteiger partial charge in [-0.05, 0) is 12.8 Å². The number of hydrogen-bond donors (Lipinski definition) is 3. The van der Waals surface area contributed by atoms with Gasteiger partial charge in [0.1, 0.15) is 5.56 Å². The zero-order valence-corrected chi connectivity index (χ0v) is 10.2. The van der Waals surface area contributed by atoms with E-state index in [1.807, 2.05) is 0 Å². The van der Waals surface area contributed by atoms with Crippen LogP contribution in [0, 0.1) is 0 Å². The first-order valence-electron chi connectivity index (χ1n) is 5.38. The number of rotatable bonds is 5. The summed E-state index contributed by atoms with van der Waals surface area (Å²) in [6.07, 6.45) is 2.49. The number of ether oxygens (including phenoxy) is 1. The Hall–Kier alpha value is -1.45. The predicted octanol–water partition coefficient (Wildman–Crippen LogP) is -0.435. The second-order valence-electron chi connectivity index (χ2n) is 3.90. The molecule has 1 aromatic rings. The molecule has 1 saturated heterocycles. The first-order valence-corrected chi connectivity index (χ1v) is 6.87. The fourth-order valence-corrected chi connectivity index (χ4v) is 2.86. The number of aromatic amines is 1. The largest absolute Gasteiger partial charge is 0.478 e. The molecule has 1 unspecified atom stereocenters. The molecule has 2 heterocycles. The van der Waals surface area contributed by atoms with Crippen LogP contribution in [0.25, 0.3) is 0 Å². The lowest BCUT2D eigenvalue weighted by atomic mass is 10.2. The van der Waals surface area contributed by atoms with Gasteiger partial charge in [-0.1, -0.05) is 0 Å². The summed E-state index contributed by atoms with van der Waals surface area (Å²) in [5.74, 6) is -1.35. The quantitative estimate of drug-likeness (QED) is 0.670. The molecule has 2 rings (SSSR count). The Kier molecular flexibility index (Phi) is 3.64. The van der Waals surface area contributed by atoms with Crippen LogP contribution >= 0.6 is 0 Å². The predicted molar refractivity (Wildman–Crippen MR) is 59.7 cm³/mol. The third kappa shape index (κ3) is 2.68. The van der Waals surface area contributed by atoms with Crippen molar-refractivity contribution in [2.45, 2.75) is 24.0 Å². The summed E-state index contributed by atoms with van der Waals surface area (Å²) in [6, 6.07) is 0. The van der Waals surface area contributed by atoms with Gasteiger partial charge in [-0.15, -0.1) is 0 Å². The van der Waals surface area contributed by atoms with E-state index in [1.54, 1.807) is 0 Å². The summed E-state index contributed by atoms with van der Waals surface area (Å²) >= 11 is 0. The van der Waals surface area contributed by atoms with E-state index in [2.05, 4.69) is 14.9 Å². The highest BCUT2D eigenvalue weighted by Gasteiger charge is 2.26. The lowest BCUT2D eigenvalue weighted by Gasteiger charge is -2.10. The minimum Gasteiger partial charge on any atom is -0.478 e. The Morgan fingerprint density at radius 3 is 3.06 bits per heavy atom. The minimum atomic E-state index is -3.91. The third-order valence-electron chi connectivity index (χ3n) is 2.63. The van der Waals surface area contributed by atoms with Crippen molar-refractivity contribution in [3.8, 4) is 0 Å². The molecule has 0 saturated carbocycles. The lowest BCUT2D eigenvalue weighted by molar-refractivity contribution is 0.0692. The molecular formula is C9H13N3O5S. The smallest absolute Gasteiger partial charge is 0.340 e. The maximum atomic E-state index is 11.9. The summed E-state index contributed by atoms with van der Waals surface area (Å²) in [4.78, 5) is 10.8. The van der Waals surface area contributed by atoms with E-state index in [-0.39, 0.29) is 18.2 Å². The van der Waals surface area contributed by atoms with Gasteiger partial charge in [0, 0.05) is 13.2 Å². The molecular weight excluding hydrogens is 262 g/mol. The molecule has 9 heteroatoms. The van der Waals surface area contributed by atoms with Crippen molar-refractivity contribution in [3.63, 3.8) is 0 Å². The van der Waals surface area contributed by atoms with Gasteiger partial charge >= 0.3 is 5.97 Å². The third-order valence-corrected chi connectivity index (χ3v) is 4.02. The Bertz CT molecular complexity index is 532. The number of carbonyl (C=O) groups is 1. The monoisotopic (exact) mass is 275 g/mol. The van der Waals surface area contributed by atoms with Gasteiger partial charge in [0.25, 0.3) is 10.0 Å². The molecule has 1 fully saturated rings. The standard InChI is InChI=1S/C9H13N3O5S/c13-9(14)7-5-10-12-8(7)18(15,16)11-4-6-2-1-3-17-6/h5-6,11H,1-4H2,(H,10,12)(H,13,14). The topological polar surface area (TPSA) is 121 Å². The lowest BCUT2D eigenvalue weighted by Crippen LogP contribution is -2.32. The molecule has 1 atom stereocenters. The number of nitrogens with zero attached hydrogens (tertiary/aromatic N) is 1. The van der Waals surface area contributed by atoms with E-state index in [0.29, 0.717) is 6.61 Å². The van der Waals surface area contributed by atoms with E-state index in [4.69, 9.17) is 9.84 Å². The highest BCUT2D eigenvalue weighted by Crippen LogP contribution is 2.14. The van der Waals surface area contributed by atoms with Crippen LogP contribution in [0.15, 0.2) is 11.2 Å². The Labute approximate surface area is 103 Å². The average molecular weight is 275 g/mol. The van der Waals surface area contributed by atoms with Crippen LogP contribution in [0.1, 0.15) is 23.2 Å². The number of aromatic nitrogens is 2. The van der Waals surface area contributed by atoms with E-state index in [1.165, 1.54) is 0 Å². The molecule has 1 aliphatic heterocycles. The number of carboxylic acid groups (broad SMARTS) is 1. The van der Waals surface area contributed by atoms with Crippen LogP contribution in [0.3, 0.4) is 0 Å². The SMILES string of the molecule is O=C(O)c1cn[nH]c1S(=O)(=O)NCC1CCCO1. The van der Waals surface area contributed by atoms with Crippen molar-refractivity contribution < 1.29 is 23.1 Å². The van der Waals surface area contributed by atoms with Gasteiger partial charge in [-0.25, -0.2) is 17.9 Å². The van der Waals surface area contributed by atoms with Crippen molar-refractivity contribution in [1.29, 1.82) is 0 Å². The molecule has 3 N–H and O–H groups in total. The number of sulfonamides is 1. The van der Waals surface area contributed by atoms with Crippen LogP contribution in [0.5, 0.6) is 0 Å². The molecule has 0 radical (unpaired) electrons. The summed E-state index contributed by atoms with van der Waals surface area (Å²) < 4.78 is 31.3. The molecule has 0 aromatic carbocycles. The number of carboxylic acids is 1. The van der Waals surface area contributed by atoms with Crippen molar-refractivity contribution in [1.82, 2.24) is 14.9 Å². The molecule has 1 aliphatic rings. The summed E-state index contributed by atoms with van der Waals surface area (Å²) in [5.41, 5.74) is -0.380. The van der Waals surface area contributed by atoms with Gasteiger partial charge in [0.2, 0.25) is 0 Å². The fraction of sp³-hybridized carbons (Fsp3) is 0.556. The van der Waals surface area contributed by atoms with Crippen LogP contribution < -0.4 is 4.72 Å². The van der Waals surface area contributed by atoms with Gasteiger partial charge < -0.3 is 9.84 Å². The van der Waals surface area contributed by atoms with Crippen LogP contribution in [-0.4, -0.2) is 48.9 Å². The van der Waals surface area contributed by atoms with Crippen LogP contribution in [-0.2, 0) is 14.8 Å². The Morgan fingerprint density at radius 2 is 2.44 bits per heavy atom. The van der Waals surface area contributed by atoms with Crippen LogP contribution in [0.2, 0.25) is 0 Å². The Balaban J connectivity index is 2.09. The van der Waals surface area contributed by atoms with E-state index < -0.39 is 21.0 Å². The second kappa shape index (κ2) is 5.04. The molecule has 0 aliphatic carbocycles. The van der Waals surface area contributed by atoms with E-state index >= 15 is 0 Å². The molecule has 8 nitrogen and oxygen atoms in total. The summed E-state index contributed by atoms with van der Waals surface area (Å²) in [7, 11) is -3.91. The Morgan fingerprint density at radius 1 is 1.67 bits per heavy atom. The second-order valence-corrected chi connectivity index (χ2v) is 5.61. The van der Waals surface area contributed by atoms with Crippen molar-refractivity contribution >= 4 is 16.0 Å². The maximum Gasteiger partial charge on any atom is 0.340 e.